The van der Waals surface area contributed by atoms with Gasteiger partial charge in [-0.1, -0.05) is 18.2 Å². The van der Waals surface area contributed by atoms with Gasteiger partial charge < -0.3 is 25.0 Å². The minimum atomic E-state index is -0.339. The molecule has 3 amide bonds. The molecule has 0 saturated carbocycles. The maximum absolute atomic E-state index is 12.2. The summed E-state index contributed by atoms with van der Waals surface area (Å²) < 4.78 is 10.7. The zero-order valence-electron chi connectivity index (χ0n) is 18.8. The topological polar surface area (TPSA) is 97.0 Å². The first-order chi connectivity index (χ1) is 15.5. The standard InChI is InChI=1S/C24H31N3O5/c1-4-27(5-2)24(30)15-9-14-22(28)25-18-10-8-11-19(16-18)26-23(29)17-32-21-13-7-6-12-20(21)31-3/h6-8,10-13,16H,4-5,9,14-15,17H2,1-3H3,(H,25,28)(H,26,29). The molecule has 0 atom stereocenters. The summed E-state index contributed by atoms with van der Waals surface area (Å²) in [7, 11) is 1.53. The highest BCUT2D eigenvalue weighted by atomic mass is 16.5. The molecule has 172 valence electrons. The monoisotopic (exact) mass is 441 g/mol. The van der Waals surface area contributed by atoms with Crippen molar-refractivity contribution in [2.75, 3.05) is 37.4 Å². The lowest BCUT2D eigenvalue weighted by atomic mass is 10.2. The average Bonchev–Trinajstić information content (AvgIpc) is 2.79. The second kappa shape index (κ2) is 13.0. The maximum Gasteiger partial charge on any atom is 0.262 e. The lowest BCUT2D eigenvalue weighted by molar-refractivity contribution is -0.131. The summed E-state index contributed by atoms with van der Waals surface area (Å²) in [6, 6.07) is 13.9. The molecular formula is C24H31N3O5. The van der Waals surface area contributed by atoms with E-state index in [4.69, 9.17) is 9.47 Å². The molecule has 0 aromatic heterocycles. The van der Waals surface area contributed by atoms with E-state index < -0.39 is 0 Å². The van der Waals surface area contributed by atoms with Gasteiger partial charge in [0.25, 0.3) is 5.91 Å². The molecule has 0 bridgehead atoms. The number of ether oxygens (including phenoxy) is 2. The smallest absolute Gasteiger partial charge is 0.262 e. The molecule has 32 heavy (non-hydrogen) atoms. The molecule has 2 aromatic rings. The van der Waals surface area contributed by atoms with Gasteiger partial charge in [-0.2, -0.15) is 0 Å². The van der Waals surface area contributed by atoms with E-state index in [0.29, 0.717) is 48.8 Å². The van der Waals surface area contributed by atoms with Crippen LogP contribution in [0.4, 0.5) is 11.4 Å². The summed E-state index contributed by atoms with van der Waals surface area (Å²) in [4.78, 5) is 38.2. The van der Waals surface area contributed by atoms with E-state index in [1.54, 1.807) is 47.4 Å². The second-order valence-electron chi connectivity index (χ2n) is 7.04. The van der Waals surface area contributed by atoms with Crippen molar-refractivity contribution in [2.24, 2.45) is 0 Å². The van der Waals surface area contributed by atoms with Gasteiger partial charge in [0, 0.05) is 37.3 Å². The van der Waals surface area contributed by atoms with Crippen molar-refractivity contribution in [1.82, 2.24) is 4.90 Å². The first kappa shape index (κ1) is 24.7. The molecule has 0 aliphatic rings. The zero-order chi connectivity index (χ0) is 23.3. The number of carbonyl (C=O) groups is 3. The van der Waals surface area contributed by atoms with Crippen LogP contribution in [0.1, 0.15) is 33.1 Å². The summed E-state index contributed by atoms with van der Waals surface area (Å²) in [5.74, 6) is 0.562. The molecule has 8 heteroatoms. The van der Waals surface area contributed by atoms with Crippen LogP contribution in [0.15, 0.2) is 48.5 Å². The van der Waals surface area contributed by atoms with Crippen molar-refractivity contribution in [2.45, 2.75) is 33.1 Å². The molecule has 0 aliphatic carbocycles. The fourth-order valence-electron chi connectivity index (χ4n) is 3.11. The molecule has 8 nitrogen and oxygen atoms in total. The van der Waals surface area contributed by atoms with E-state index in [1.807, 2.05) is 19.9 Å². The van der Waals surface area contributed by atoms with Gasteiger partial charge in [0.15, 0.2) is 18.1 Å². The normalized spacial score (nSPS) is 10.2. The highest BCUT2D eigenvalue weighted by molar-refractivity contribution is 5.94. The summed E-state index contributed by atoms with van der Waals surface area (Å²) in [5, 5.41) is 5.54. The second-order valence-corrected chi connectivity index (χ2v) is 7.04. The number of amides is 3. The lowest BCUT2D eigenvalue weighted by Crippen LogP contribution is -2.30. The third kappa shape index (κ3) is 7.94. The first-order valence-electron chi connectivity index (χ1n) is 10.7. The van der Waals surface area contributed by atoms with Gasteiger partial charge in [-0.15, -0.1) is 0 Å². The summed E-state index contributed by atoms with van der Waals surface area (Å²) >= 11 is 0. The number of nitrogens with zero attached hydrogens (tertiary/aromatic N) is 1. The van der Waals surface area contributed by atoms with Crippen LogP contribution in [-0.2, 0) is 14.4 Å². The molecule has 2 N–H and O–H groups in total. The minimum absolute atomic E-state index is 0.0582. The Morgan fingerprint density at radius 3 is 2.09 bits per heavy atom. The van der Waals surface area contributed by atoms with Crippen molar-refractivity contribution in [3.05, 3.63) is 48.5 Å². The Kier molecular flexibility index (Phi) is 10.0. The molecule has 0 radical (unpaired) electrons. The Hall–Kier alpha value is -3.55. The van der Waals surface area contributed by atoms with Gasteiger partial charge in [0.1, 0.15) is 0 Å². The van der Waals surface area contributed by atoms with Crippen LogP contribution >= 0.6 is 0 Å². The van der Waals surface area contributed by atoms with Crippen LogP contribution in [0.2, 0.25) is 0 Å². The number of para-hydroxylation sites is 2. The van der Waals surface area contributed by atoms with E-state index >= 15 is 0 Å². The van der Waals surface area contributed by atoms with Gasteiger partial charge >= 0.3 is 0 Å². The predicted molar refractivity (Wildman–Crippen MR) is 124 cm³/mol. The number of anilines is 2. The number of methoxy groups -OCH3 is 1. The Morgan fingerprint density at radius 2 is 1.47 bits per heavy atom. The summed E-state index contributed by atoms with van der Waals surface area (Å²) in [6.07, 6.45) is 1.08. The average molecular weight is 442 g/mol. The number of nitrogens with one attached hydrogen (secondary N) is 2. The van der Waals surface area contributed by atoms with E-state index in [0.717, 1.165) is 0 Å². The molecule has 0 heterocycles. The molecular weight excluding hydrogens is 410 g/mol. The van der Waals surface area contributed by atoms with Crippen LogP contribution in [0.25, 0.3) is 0 Å². The molecule has 0 unspecified atom stereocenters. The van der Waals surface area contributed by atoms with Crippen LogP contribution in [0.3, 0.4) is 0 Å². The maximum atomic E-state index is 12.2. The number of carbonyl (C=O) groups excluding carboxylic acids is 3. The molecule has 0 aliphatic heterocycles. The largest absolute Gasteiger partial charge is 0.493 e. The Morgan fingerprint density at radius 1 is 0.844 bits per heavy atom. The first-order valence-corrected chi connectivity index (χ1v) is 10.7. The zero-order valence-corrected chi connectivity index (χ0v) is 18.8. The fraction of sp³-hybridized carbons (Fsp3) is 0.375. The SMILES string of the molecule is CCN(CC)C(=O)CCCC(=O)Nc1cccc(NC(=O)COc2ccccc2OC)c1. The Balaban J connectivity index is 1.80. The number of hydrogen-bond acceptors (Lipinski definition) is 5. The van der Waals surface area contributed by atoms with Crippen LogP contribution in [0, 0.1) is 0 Å². The van der Waals surface area contributed by atoms with Crippen molar-refractivity contribution in [3.63, 3.8) is 0 Å². The van der Waals surface area contributed by atoms with Gasteiger partial charge in [0.2, 0.25) is 11.8 Å². The Bertz CT molecular complexity index is 912. The third-order valence-electron chi connectivity index (χ3n) is 4.77. The summed E-state index contributed by atoms with van der Waals surface area (Å²) in [6.45, 7) is 5.03. The molecule has 2 aromatic carbocycles. The highest BCUT2D eigenvalue weighted by Crippen LogP contribution is 2.25. The van der Waals surface area contributed by atoms with Gasteiger partial charge in [-0.3, -0.25) is 14.4 Å². The van der Waals surface area contributed by atoms with Crippen molar-refractivity contribution in [1.29, 1.82) is 0 Å². The van der Waals surface area contributed by atoms with E-state index in [1.165, 1.54) is 7.11 Å². The number of benzene rings is 2. The van der Waals surface area contributed by atoms with Crippen LogP contribution in [0.5, 0.6) is 11.5 Å². The van der Waals surface area contributed by atoms with Gasteiger partial charge in [-0.25, -0.2) is 0 Å². The van der Waals surface area contributed by atoms with E-state index in [-0.39, 0.29) is 30.7 Å². The van der Waals surface area contributed by atoms with Gasteiger partial charge in [-0.05, 0) is 50.6 Å². The van der Waals surface area contributed by atoms with Crippen LogP contribution < -0.4 is 20.1 Å². The molecule has 0 saturated heterocycles. The van der Waals surface area contributed by atoms with E-state index in [2.05, 4.69) is 10.6 Å². The Labute approximate surface area is 188 Å². The molecule has 0 spiro atoms. The third-order valence-corrected chi connectivity index (χ3v) is 4.77. The van der Waals surface area contributed by atoms with Crippen molar-refractivity contribution >= 4 is 29.1 Å². The number of rotatable bonds is 12. The lowest BCUT2D eigenvalue weighted by Gasteiger charge is -2.18. The number of hydrogen-bond donors (Lipinski definition) is 2. The van der Waals surface area contributed by atoms with E-state index in [9.17, 15) is 14.4 Å². The summed E-state index contributed by atoms with van der Waals surface area (Å²) in [5.41, 5.74) is 1.10. The fourth-order valence-corrected chi connectivity index (χ4v) is 3.11. The van der Waals surface area contributed by atoms with Crippen molar-refractivity contribution < 1.29 is 23.9 Å². The predicted octanol–water partition coefficient (Wildman–Crippen LogP) is 3.69. The molecule has 0 fully saturated rings. The van der Waals surface area contributed by atoms with Crippen LogP contribution in [-0.4, -0.2) is 49.4 Å². The molecule has 2 rings (SSSR count). The quantitative estimate of drug-likeness (QED) is 0.524. The van der Waals surface area contributed by atoms with Crippen molar-refractivity contribution in [3.8, 4) is 11.5 Å². The minimum Gasteiger partial charge on any atom is -0.493 e. The highest BCUT2D eigenvalue weighted by Gasteiger charge is 2.11. The van der Waals surface area contributed by atoms with Gasteiger partial charge in [0.05, 0.1) is 7.11 Å².